The standard InChI is InChI=1S/C9H5Cl2NO.C7H4FO2.In/c1-2-8(12)13-9-6(10)4-3-5-7(9)11;8-6-3-1-2-5(4-6)7(9)10;/h1-5H;1-2,4H,(H,9,10);/q-1;;+1. The molecule has 0 atom stereocenters. The molecule has 0 amide bonds. The van der Waals surface area contributed by atoms with Crippen molar-refractivity contribution in [3.8, 4) is 5.75 Å². The summed E-state index contributed by atoms with van der Waals surface area (Å²) in [7, 11) is 0. The fourth-order valence-corrected chi connectivity index (χ4v) is 7.97. The second-order valence-electron chi connectivity index (χ2n) is 4.97. The van der Waals surface area contributed by atoms with Crippen molar-refractivity contribution in [1.82, 2.24) is 0 Å². The van der Waals surface area contributed by atoms with E-state index >= 15 is 0 Å². The third-order valence-electron chi connectivity index (χ3n) is 3.38. The predicted molar refractivity (Wildman–Crippen MR) is 92.4 cm³/mol. The van der Waals surface area contributed by atoms with Crippen molar-refractivity contribution >= 4 is 60.1 Å². The maximum atomic E-state index is 14.1. The first-order chi connectivity index (χ1) is 11.5. The molecule has 1 heterocycles. The third kappa shape index (κ3) is 3.61. The summed E-state index contributed by atoms with van der Waals surface area (Å²) in [6.45, 7) is 0. The van der Waals surface area contributed by atoms with Crippen LogP contribution in [0.15, 0.2) is 49.3 Å². The van der Waals surface area contributed by atoms with Crippen LogP contribution < -0.4 is 8.06 Å². The molecule has 120 valence electrons. The molecule has 0 unspecified atom stereocenters. The third-order valence-corrected chi connectivity index (χ3v) is 10.2. The first-order valence-electron chi connectivity index (χ1n) is 6.86. The Hall–Kier alpha value is -1.50. The average Bonchev–Trinajstić information content (AvgIpc) is 2.99. The van der Waals surface area contributed by atoms with Crippen LogP contribution in [0.2, 0.25) is 10.0 Å². The number of ether oxygens (including phenoxy) is 1. The minimum atomic E-state index is -2.91. The van der Waals surface area contributed by atoms with Crippen LogP contribution in [-0.2, 0) is 0 Å². The Balaban J connectivity index is 1.84. The molecule has 0 fully saturated rings. The number of halogens is 3. The number of hydrogen-bond acceptors (Lipinski definition) is 3. The van der Waals surface area contributed by atoms with Gasteiger partial charge in [-0.05, 0) is 0 Å². The van der Waals surface area contributed by atoms with Gasteiger partial charge in [-0.3, -0.25) is 0 Å². The molecule has 0 aromatic heterocycles. The van der Waals surface area contributed by atoms with E-state index in [4.69, 9.17) is 33.0 Å². The molecule has 2 aromatic rings. The SMILES string of the molecule is O=C(O)c1cc[c]([In]2[CH]=CC(Oc3c(Cl)cccc3Cl)=[N]2)c(F)c1. The summed E-state index contributed by atoms with van der Waals surface area (Å²) in [6.07, 6.45) is 1.67. The van der Waals surface area contributed by atoms with E-state index in [-0.39, 0.29) is 5.56 Å². The molecule has 0 saturated heterocycles. The van der Waals surface area contributed by atoms with Crippen LogP contribution in [0.5, 0.6) is 5.75 Å². The molecular weight excluding hydrogens is 459 g/mol. The van der Waals surface area contributed by atoms with Crippen LogP contribution in [0, 0.1) is 5.82 Å². The number of nitrogens with zero attached hydrogens (tertiary/aromatic N) is 1. The van der Waals surface area contributed by atoms with Crippen molar-refractivity contribution in [2.75, 3.05) is 0 Å². The normalized spacial score (nSPS) is 13.1. The molecule has 4 nitrogen and oxygen atoms in total. The predicted octanol–water partition coefficient (Wildman–Crippen LogP) is 3.62. The summed E-state index contributed by atoms with van der Waals surface area (Å²) in [5, 5.41) is 9.60. The summed E-state index contributed by atoms with van der Waals surface area (Å²) in [6, 6.07) is 8.87. The van der Waals surface area contributed by atoms with Gasteiger partial charge in [-0.2, -0.15) is 0 Å². The molecule has 1 aliphatic heterocycles. The Bertz CT molecular complexity index is 865. The van der Waals surface area contributed by atoms with E-state index in [0.717, 1.165) is 6.07 Å². The van der Waals surface area contributed by atoms with Gasteiger partial charge in [0.15, 0.2) is 0 Å². The second-order valence-corrected chi connectivity index (χ2v) is 11.9. The first-order valence-corrected chi connectivity index (χ1v) is 12.6. The average molecular weight is 468 g/mol. The molecule has 3 rings (SSSR count). The molecule has 0 aliphatic carbocycles. The zero-order valence-electron chi connectivity index (χ0n) is 12.0. The van der Waals surface area contributed by atoms with E-state index in [1.807, 2.05) is 3.83 Å². The molecule has 24 heavy (non-hydrogen) atoms. The minimum absolute atomic E-state index is 0.0900. The number of benzene rings is 2. The van der Waals surface area contributed by atoms with E-state index in [0.29, 0.717) is 25.0 Å². The van der Waals surface area contributed by atoms with Crippen LogP contribution in [0.25, 0.3) is 0 Å². The number of rotatable bonds is 3. The zero-order chi connectivity index (χ0) is 17.3. The summed E-state index contributed by atoms with van der Waals surface area (Å²) in [5.41, 5.74) is -0.0900. The maximum absolute atomic E-state index is 14.1. The summed E-state index contributed by atoms with van der Waals surface area (Å²) < 4.78 is 26.5. The molecular formula is C16H9Cl2FInNO3. The fourth-order valence-electron chi connectivity index (χ4n) is 2.21. The molecule has 8 heteroatoms. The monoisotopic (exact) mass is 467 g/mol. The number of hydrogen-bond donors (Lipinski definition) is 1. The van der Waals surface area contributed by atoms with Gasteiger partial charge in [-0.25, -0.2) is 0 Å². The van der Waals surface area contributed by atoms with Gasteiger partial charge in [0.05, 0.1) is 0 Å². The molecule has 1 aliphatic rings. The van der Waals surface area contributed by atoms with Crippen molar-refractivity contribution in [3.05, 3.63) is 67.7 Å². The van der Waals surface area contributed by atoms with E-state index in [9.17, 15) is 9.18 Å². The van der Waals surface area contributed by atoms with Crippen LogP contribution >= 0.6 is 23.2 Å². The molecule has 0 spiro atoms. The first kappa shape index (κ1) is 17.3. The van der Waals surface area contributed by atoms with Gasteiger partial charge in [0.25, 0.3) is 0 Å². The van der Waals surface area contributed by atoms with Crippen molar-refractivity contribution in [3.63, 3.8) is 0 Å². The number of aromatic carboxylic acids is 1. The van der Waals surface area contributed by atoms with E-state index < -0.39 is 33.5 Å². The second kappa shape index (κ2) is 7.17. The van der Waals surface area contributed by atoms with E-state index in [1.165, 1.54) is 12.1 Å². The number of carboxylic acids is 1. The van der Waals surface area contributed by atoms with E-state index in [2.05, 4.69) is 2.98 Å². The van der Waals surface area contributed by atoms with E-state index in [1.54, 1.807) is 24.3 Å². The van der Waals surface area contributed by atoms with Gasteiger partial charge >= 0.3 is 156 Å². The van der Waals surface area contributed by atoms with Crippen LogP contribution in [-0.4, -0.2) is 38.7 Å². The van der Waals surface area contributed by atoms with Crippen molar-refractivity contribution < 1.29 is 19.0 Å². The van der Waals surface area contributed by atoms with Crippen molar-refractivity contribution in [1.29, 1.82) is 0 Å². The zero-order valence-corrected chi connectivity index (χ0v) is 16.8. The van der Waals surface area contributed by atoms with Crippen LogP contribution in [0.3, 0.4) is 0 Å². The Morgan fingerprint density at radius 2 is 1.92 bits per heavy atom. The van der Waals surface area contributed by atoms with Gasteiger partial charge < -0.3 is 0 Å². The van der Waals surface area contributed by atoms with Gasteiger partial charge in [0, 0.05) is 0 Å². The fraction of sp³-hybridized carbons (Fsp3) is 0. The van der Waals surface area contributed by atoms with Crippen LogP contribution in [0.4, 0.5) is 4.39 Å². The molecule has 0 radical (unpaired) electrons. The van der Waals surface area contributed by atoms with Crippen LogP contribution in [0.1, 0.15) is 10.4 Å². The molecule has 0 bridgehead atoms. The molecule has 2 aromatic carbocycles. The van der Waals surface area contributed by atoms with Gasteiger partial charge in [0.1, 0.15) is 0 Å². The quantitative estimate of drug-likeness (QED) is 0.750. The Kier molecular flexibility index (Phi) is 5.18. The van der Waals surface area contributed by atoms with Gasteiger partial charge in [-0.15, -0.1) is 0 Å². The molecule has 0 saturated carbocycles. The Labute approximate surface area is 155 Å². The number of carboxylic acid groups (broad SMARTS) is 1. The summed E-state index contributed by atoms with van der Waals surface area (Å²) in [5.74, 6) is -1.09. The van der Waals surface area contributed by atoms with Crippen molar-refractivity contribution in [2.45, 2.75) is 0 Å². The Morgan fingerprint density at radius 1 is 1.21 bits per heavy atom. The van der Waals surface area contributed by atoms with Crippen molar-refractivity contribution in [2.24, 2.45) is 2.98 Å². The number of para-hydroxylation sites is 1. The summed E-state index contributed by atoms with van der Waals surface area (Å²) >= 11 is 9.18. The summed E-state index contributed by atoms with van der Waals surface area (Å²) in [4.78, 5) is 10.9. The van der Waals surface area contributed by atoms with Gasteiger partial charge in [0.2, 0.25) is 0 Å². The van der Waals surface area contributed by atoms with Gasteiger partial charge in [-0.1, -0.05) is 0 Å². The Morgan fingerprint density at radius 3 is 2.54 bits per heavy atom. The molecule has 1 N–H and O–H groups in total. The number of carbonyl (C=O) groups is 1. The topological polar surface area (TPSA) is 58.9 Å².